The minimum Gasteiger partial charge on any atom is -0.399 e. The van der Waals surface area contributed by atoms with Gasteiger partial charge in [0.05, 0.1) is 17.3 Å². The van der Waals surface area contributed by atoms with Gasteiger partial charge >= 0.3 is 0 Å². The summed E-state index contributed by atoms with van der Waals surface area (Å²) in [5, 5.41) is 9.54. The van der Waals surface area contributed by atoms with Gasteiger partial charge in [0, 0.05) is 34.4 Å². The van der Waals surface area contributed by atoms with Crippen molar-refractivity contribution in [2.24, 2.45) is 0 Å². The van der Waals surface area contributed by atoms with Crippen LogP contribution in [0.15, 0.2) is 41.3 Å². The molecule has 0 atom stereocenters. The highest BCUT2D eigenvalue weighted by Crippen LogP contribution is 2.37. The van der Waals surface area contributed by atoms with E-state index < -0.39 is 0 Å². The van der Waals surface area contributed by atoms with E-state index in [4.69, 9.17) is 22.6 Å². The summed E-state index contributed by atoms with van der Waals surface area (Å²) in [6.45, 7) is 1.68. The second kappa shape index (κ2) is 5.88. The van der Waals surface area contributed by atoms with Crippen molar-refractivity contribution < 1.29 is 0 Å². The second-order valence-electron chi connectivity index (χ2n) is 4.92. The molecule has 2 aromatic rings. The minimum absolute atomic E-state index is 0.586. The number of rotatable bonds is 2. The van der Waals surface area contributed by atoms with Gasteiger partial charge in [0.15, 0.2) is 0 Å². The Labute approximate surface area is 133 Å². The molecule has 0 aliphatic carbocycles. The zero-order valence-electron chi connectivity index (χ0n) is 11.3. The predicted molar refractivity (Wildman–Crippen MR) is 88.8 cm³/mol. The van der Waals surface area contributed by atoms with E-state index in [1.807, 2.05) is 30.0 Å². The summed E-state index contributed by atoms with van der Waals surface area (Å²) in [6, 6.07) is 13.6. The van der Waals surface area contributed by atoms with Gasteiger partial charge in [-0.2, -0.15) is 5.26 Å². The smallest absolute Gasteiger partial charge is 0.0992 e. The van der Waals surface area contributed by atoms with E-state index in [1.165, 1.54) is 4.90 Å². The Hall–Kier alpha value is -1.83. The number of nitrogen functional groups attached to an aromatic ring is 1. The molecule has 21 heavy (non-hydrogen) atoms. The number of nitrogens with zero attached hydrogens (tertiary/aromatic N) is 2. The molecule has 0 unspecified atom stereocenters. The van der Waals surface area contributed by atoms with Crippen LogP contribution < -0.4 is 10.6 Å². The normalized spacial score (nSPS) is 13.6. The molecule has 0 spiro atoms. The van der Waals surface area contributed by atoms with E-state index in [0.29, 0.717) is 10.6 Å². The first-order valence-electron chi connectivity index (χ1n) is 6.63. The summed E-state index contributed by atoms with van der Waals surface area (Å²) < 4.78 is 0. The summed E-state index contributed by atoms with van der Waals surface area (Å²) in [5.74, 6) is 1.05. The second-order valence-corrected chi connectivity index (χ2v) is 6.46. The Morgan fingerprint density at radius 2 is 2.14 bits per heavy atom. The van der Waals surface area contributed by atoms with E-state index in [1.54, 1.807) is 12.1 Å². The number of hydrogen-bond acceptors (Lipinski definition) is 4. The lowest BCUT2D eigenvalue weighted by atomic mass is 10.1. The van der Waals surface area contributed by atoms with Gasteiger partial charge in [0.1, 0.15) is 0 Å². The highest BCUT2D eigenvalue weighted by atomic mass is 35.5. The first kappa shape index (κ1) is 14.1. The van der Waals surface area contributed by atoms with Gasteiger partial charge in [-0.15, -0.1) is 11.8 Å². The standard InChI is InChI=1S/C16H14ClN3S/c17-14-7-11(9-18)1-2-12(14)10-20-5-6-21-16-4-3-13(19)8-15(16)20/h1-4,7-8H,5-6,10,19H2. The SMILES string of the molecule is N#Cc1ccc(CN2CCSc3ccc(N)cc32)c(Cl)c1. The monoisotopic (exact) mass is 315 g/mol. The van der Waals surface area contributed by atoms with Gasteiger partial charge in [0.25, 0.3) is 0 Å². The molecule has 106 valence electrons. The maximum Gasteiger partial charge on any atom is 0.0992 e. The first-order valence-corrected chi connectivity index (χ1v) is 7.99. The lowest BCUT2D eigenvalue weighted by Crippen LogP contribution is -2.28. The molecule has 0 fully saturated rings. The van der Waals surface area contributed by atoms with Crippen LogP contribution in [0.5, 0.6) is 0 Å². The van der Waals surface area contributed by atoms with Crippen molar-refractivity contribution in [2.45, 2.75) is 11.4 Å². The minimum atomic E-state index is 0.586. The van der Waals surface area contributed by atoms with Gasteiger partial charge in [-0.25, -0.2) is 0 Å². The quantitative estimate of drug-likeness (QED) is 0.854. The molecule has 2 N–H and O–H groups in total. The fraction of sp³-hybridized carbons (Fsp3) is 0.188. The van der Waals surface area contributed by atoms with Crippen LogP contribution in [0.4, 0.5) is 11.4 Å². The van der Waals surface area contributed by atoms with Crippen molar-refractivity contribution in [3.8, 4) is 6.07 Å². The molecule has 2 aromatic carbocycles. The summed E-state index contributed by atoms with van der Waals surface area (Å²) in [7, 11) is 0. The average molecular weight is 316 g/mol. The van der Waals surface area contributed by atoms with Crippen LogP contribution in [0.3, 0.4) is 0 Å². The highest BCUT2D eigenvalue weighted by Gasteiger charge is 2.18. The van der Waals surface area contributed by atoms with Crippen LogP contribution in [0.1, 0.15) is 11.1 Å². The molecular formula is C16H14ClN3S. The number of fused-ring (bicyclic) bond motifs is 1. The van der Waals surface area contributed by atoms with Crippen molar-refractivity contribution in [3.05, 3.63) is 52.5 Å². The van der Waals surface area contributed by atoms with Gasteiger partial charge in [0.2, 0.25) is 0 Å². The van der Waals surface area contributed by atoms with E-state index >= 15 is 0 Å². The third-order valence-corrected chi connectivity index (χ3v) is 4.88. The van der Waals surface area contributed by atoms with E-state index in [9.17, 15) is 0 Å². The molecule has 5 heteroatoms. The van der Waals surface area contributed by atoms with Crippen molar-refractivity contribution in [1.82, 2.24) is 0 Å². The fourth-order valence-corrected chi connectivity index (χ4v) is 3.68. The van der Waals surface area contributed by atoms with Crippen LogP contribution in [0.25, 0.3) is 0 Å². The zero-order chi connectivity index (χ0) is 14.8. The van der Waals surface area contributed by atoms with Crippen LogP contribution in [0, 0.1) is 11.3 Å². The predicted octanol–water partition coefficient (Wildman–Crippen LogP) is 3.91. The molecule has 1 heterocycles. The van der Waals surface area contributed by atoms with Crippen LogP contribution in [-0.2, 0) is 6.54 Å². The Balaban J connectivity index is 1.90. The lowest BCUT2D eigenvalue weighted by molar-refractivity contribution is 0.818. The molecule has 1 aliphatic rings. The Bertz CT molecular complexity index is 724. The average Bonchev–Trinajstić information content (AvgIpc) is 2.49. The molecule has 1 aliphatic heterocycles. The van der Waals surface area contributed by atoms with Crippen LogP contribution >= 0.6 is 23.4 Å². The van der Waals surface area contributed by atoms with Gasteiger partial charge in [-0.3, -0.25) is 0 Å². The molecule has 3 nitrogen and oxygen atoms in total. The number of nitrogens with two attached hydrogens (primary N) is 1. The number of anilines is 2. The van der Waals surface area contributed by atoms with Crippen molar-refractivity contribution in [1.29, 1.82) is 5.26 Å². The summed E-state index contributed by atoms with van der Waals surface area (Å²) in [5.41, 5.74) is 9.45. The Morgan fingerprint density at radius 3 is 2.90 bits per heavy atom. The molecule has 0 bridgehead atoms. The zero-order valence-corrected chi connectivity index (χ0v) is 12.9. The number of hydrogen-bond donors (Lipinski definition) is 1. The summed E-state index contributed by atoms with van der Waals surface area (Å²) in [6.07, 6.45) is 0. The van der Waals surface area contributed by atoms with Crippen LogP contribution in [0.2, 0.25) is 5.02 Å². The summed E-state index contributed by atoms with van der Waals surface area (Å²) in [4.78, 5) is 3.54. The third kappa shape index (κ3) is 2.94. The molecule has 0 aromatic heterocycles. The number of thioether (sulfide) groups is 1. The number of nitriles is 1. The van der Waals surface area contributed by atoms with Gasteiger partial charge in [-0.05, 0) is 35.9 Å². The van der Waals surface area contributed by atoms with Crippen molar-refractivity contribution in [2.75, 3.05) is 22.9 Å². The number of halogens is 1. The lowest BCUT2D eigenvalue weighted by Gasteiger charge is -2.31. The molecule has 3 rings (SSSR count). The largest absolute Gasteiger partial charge is 0.399 e. The van der Waals surface area contributed by atoms with E-state index in [0.717, 1.165) is 35.8 Å². The molecule has 0 radical (unpaired) electrons. The molecule has 0 saturated heterocycles. The Kier molecular flexibility index (Phi) is 3.96. The Morgan fingerprint density at radius 1 is 1.29 bits per heavy atom. The van der Waals surface area contributed by atoms with E-state index in [2.05, 4.69) is 17.0 Å². The van der Waals surface area contributed by atoms with Crippen LogP contribution in [-0.4, -0.2) is 12.3 Å². The maximum absolute atomic E-state index is 8.90. The number of benzene rings is 2. The first-order chi connectivity index (χ1) is 10.2. The highest BCUT2D eigenvalue weighted by molar-refractivity contribution is 7.99. The van der Waals surface area contributed by atoms with Crippen molar-refractivity contribution in [3.63, 3.8) is 0 Å². The summed E-state index contributed by atoms with van der Waals surface area (Å²) >= 11 is 8.13. The topological polar surface area (TPSA) is 53.0 Å². The molecule has 0 saturated carbocycles. The van der Waals surface area contributed by atoms with Gasteiger partial charge in [-0.1, -0.05) is 17.7 Å². The van der Waals surface area contributed by atoms with Gasteiger partial charge < -0.3 is 10.6 Å². The molecule has 0 amide bonds. The fourth-order valence-electron chi connectivity index (χ4n) is 2.40. The molecular weight excluding hydrogens is 302 g/mol. The van der Waals surface area contributed by atoms with E-state index in [-0.39, 0.29) is 0 Å². The third-order valence-electron chi connectivity index (χ3n) is 3.49. The van der Waals surface area contributed by atoms with Crippen molar-refractivity contribution >= 4 is 34.7 Å². The maximum atomic E-state index is 8.90.